The third kappa shape index (κ3) is 3.77. The van der Waals surface area contributed by atoms with E-state index >= 15 is 0 Å². The molecule has 0 aromatic heterocycles. The zero-order valence-electron chi connectivity index (χ0n) is 17.3. The average Bonchev–Trinajstić information content (AvgIpc) is 3.00. The number of amides is 1. The van der Waals surface area contributed by atoms with Gasteiger partial charge in [-0.1, -0.05) is 55.8 Å². The summed E-state index contributed by atoms with van der Waals surface area (Å²) in [4.78, 5) is 30.4. The van der Waals surface area contributed by atoms with Crippen molar-refractivity contribution in [1.29, 1.82) is 0 Å². The van der Waals surface area contributed by atoms with Crippen LogP contribution >= 0.6 is 11.6 Å². The van der Waals surface area contributed by atoms with Gasteiger partial charge in [-0.15, -0.1) is 0 Å². The quantitative estimate of drug-likeness (QED) is 0.389. The van der Waals surface area contributed by atoms with E-state index in [1.807, 2.05) is 37.3 Å². The molecule has 2 aromatic carbocycles. The summed E-state index contributed by atoms with van der Waals surface area (Å²) >= 11 is 6.25. The SMILES string of the molecule is CCN(CC)C(C)N(C)C(=O)CC1(c2ccccc2)C(=O)Oc2ccc(Cl)cc21. The topological polar surface area (TPSA) is 49.9 Å². The summed E-state index contributed by atoms with van der Waals surface area (Å²) in [5, 5.41) is 0.500. The van der Waals surface area contributed by atoms with Gasteiger partial charge in [0.05, 0.1) is 12.6 Å². The summed E-state index contributed by atoms with van der Waals surface area (Å²) in [6, 6.07) is 14.4. The molecule has 0 saturated heterocycles. The molecule has 0 fully saturated rings. The van der Waals surface area contributed by atoms with Crippen LogP contribution in [0.25, 0.3) is 0 Å². The van der Waals surface area contributed by atoms with E-state index in [0.717, 1.165) is 18.7 Å². The molecule has 154 valence electrons. The Bertz CT molecular complexity index is 898. The lowest BCUT2D eigenvalue weighted by Crippen LogP contribution is -2.49. The van der Waals surface area contributed by atoms with E-state index in [9.17, 15) is 9.59 Å². The average molecular weight is 415 g/mol. The maximum Gasteiger partial charge on any atom is 0.327 e. The van der Waals surface area contributed by atoms with E-state index < -0.39 is 11.4 Å². The summed E-state index contributed by atoms with van der Waals surface area (Å²) < 4.78 is 5.58. The zero-order valence-corrected chi connectivity index (χ0v) is 18.1. The fraction of sp³-hybridized carbons (Fsp3) is 0.391. The molecule has 6 heteroatoms. The van der Waals surface area contributed by atoms with Crippen LogP contribution in [-0.4, -0.2) is 48.0 Å². The van der Waals surface area contributed by atoms with E-state index in [2.05, 4.69) is 18.7 Å². The molecule has 2 atom stereocenters. The van der Waals surface area contributed by atoms with Gasteiger partial charge in [0.15, 0.2) is 0 Å². The van der Waals surface area contributed by atoms with Crippen molar-refractivity contribution in [2.24, 2.45) is 0 Å². The van der Waals surface area contributed by atoms with Crippen molar-refractivity contribution in [3.8, 4) is 5.75 Å². The van der Waals surface area contributed by atoms with Crippen LogP contribution in [0.2, 0.25) is 5.02 Å². The number of hydrogen-bond donors (Lipinski definition) is 0. The van der Waals surface area contributed by atoms with Gasteiger partial charge in [-0.05, 0) is 43.8 Å². The number of esters is 1. The van der Waals surface area contributed by atoms with Crippen molar-refractivity contribution in [3.63, 3.8) is 0 Å². The smallest absolute Gasteiger partial charge is 0.327 e. The minimum absolute atomic E-state index is 0.0225. The molecule has 1 amide bonds. The highest BCUT2D eigenvalue weighted by Crippen LogP contribution is 2.48. The number of halogens is 1. The normalized spacial score (nSPS) is 19.0. The summed E-state index contributed by atoms with van der Waals surface area (Å²) in [7, 11) is 1.78. The van der Waals surface area contributed by atoms with Crippen LogP contribution in [0, 0.1) is 0 Å². The Hall–Kier alpha value is -2.37. The molecule has 0 spiro atoms. The third-order valence-electron chi connectivity index (χ3n) is 5.93. The summed E-state index contributed by atoms with van der Waals surface area (Å²) in [5.74, 6) is -0.119. The van der Waals surface area contributed by atoms with Gasteiger partial charge in [0, 0.05) is 17.6 Å². The number of rotatable bonds is 7. The van der Waals surface area contributed by atoms with Gasteiger partial charge in [-0.2, -0.15) is 0 Å². The Labute approximate surface area is 177 Å². The van der Waals surface area contributed by atoms with Gasteiger partial charge in [-0.3, -0.25) is 14.5 Å². The fourth-order valence-electron chi connectivity index (χ4n) is 4.04. The number of nitrogens with zero attached hydrogens (tertiary/aromatic N) is 2. The zero-order chi connectivity index (χ0) is 21.2. The van der Waals surface area contributed by atoms with Gasteiger partial charge >= 0.3 is 5.97 Å². The van der Waals surface area contributed by atoms with E-state index in [0.29, 0.717) is 16.3 Å². The van der Waals surface area contributed by atoms with Crippen LogP contribution in [0.3, 0.4) is 0 Å². The van der Waals surface area contributed by atoms with Crippen molar-refractivity contribution in [1.82, 2.24) is 9.80 Å². The first-order valence-corrected chi connectivity index (χ1v) is 10.3. The van der Waals surface area contributed by atoms with E-state index in [1.54, 1.807) is 30.1 Å². The number of carbonyl (C=O) groups excluding carboxylic acids is 2. The van der Waals surface area contributed by atoms with Crippen LogP contribution in [0.5, 0.6) is 5.75 Å². The molecule has 0 bridgehead atoms. The number of fused-ring (bicyclic) bond motifs is 1. The van der Waals surface area contributed by atoms with E-state index in [1.165, 1.54) is 0 Å². The molecule has 2 unspecified atom stereocenters. The molecule has 29 heavy (non-hydrogen) atoms. The Balaban J connectivity index is 2.05. The first-order chi connectivity index (χ1) is 13.8. The number of carbonyl (C=O) groups is 2. The summed E-state index contributed by atoms with van der Waals surface area (Å²) in [6.07, 6.45) is -0.104. The van der Waals surface area contributed by atoms with Crippen molar-refractivity contribution >= 4 is 23.5 Å². The number of benzene rings is 2. The molecule has 0 saturated carbocycles. The number of ether oxygens (including phenoxy) is 1. The molecule has 2 aromatic rings. The predicted molar refractivity (Wildman–Crippen MR) is 114 cm³/mol. The second-order valence-electron chi connectivity index (χ2n) is 7.34. The van der Waals surface area contributed by atoms with Crippen molar-refractivity contribution in [2.75, 3.05) is 20.1 Å². The van der Waals surface area contributed by atoms with Crippen molar-refractivity contribution < 1.29 is 14.3 Å². The third-order valence-corrected chi connectivity index (χ3v) is 6.17. The second-order valence-corrected chi connectivity index (χ2v) is 7.77. The van der Waals surface area contributed by atoms with E-state index in [-0.39, 0.29) is 18.5 Å². The molecule has 0 radical (unpaired) electrons. The van der Waals surface area contributed by atoms with Crippen LogP contribution in [-0.2, 0) is 15.0 Å². The number of hydrogen-bond acceptors (Lipinski definition) is 4. The predicted octanol–water partition coefficient (Wildman–Crippen LogP) is 4.08. The summed E-state index contributed by atoms with van der Waals surface area (Å²) in [6.45, 7) is 7.80. The molecule has 0 N–H and O–H groups in total. The lowest BCUT2D eigenvalue weighted by atomic mass is 9.72. The van der Waals surface area contributed by atoms with Gasteiger partial charge in [0.2, 0.25) is 5.91 Å². The van der Waals surface area contributed by atoms with Gasteiger partial charge < -0.3 is 9.64 Å². The molecule has 3 rings (SSSR count). The molecule has 0 aliphatic carbocycles. The maximum absolute atomic E-state index is 13.4. The first-order valence-electron chi connectivity index (χ1n) is 9.92. The van der Waals surface area contributed by atoms with Crippen LogP contribution in [0.4, 0.5) is 0 Å². The highest BCUT2D eigenvalue weighted by atomic mass is 35.5. The molecular formula is C23H27ClN2O3. The minimum Gasteiger partial charge on any atom is -0.425 e. The lowest BCUT2D eigenvalue weighted by Gasteiger charge is -2.36. The Morgan fingerprint density at radius 3 is 2.41 bits per heavy atom. The minimum atomic E-state index is -1.21. The van der Waals surface area contributed by atoms with Crippen molar-refractivity contribution in [3.05, 3.63) is 64.7 Å². The molecule has 1 heterocycles. The van der Waals surface area contributed by atoms with Crippen molar-refractivity contribution in [2.45, 2.75) is 38.8 Å². The molecule has 1 aliphatic rings. The van der Waals surface area contributed by atoms with Crippen LogP contribution in [0.15, 0.2) is 48.5 Å². The largest absolute Gasteiger partial charge is 0.425 e. The van der Waals surface area contributed by atoms with E-state index in [4.69, 9.17) is 16.3 Å². The van der Waals surface area contributed by atoms with Gasteiger partial charge in [0.1, 0.15) is 11.2 Å². The standard InChI is InChI=1S/C23H27ClN2O3/c1-5-26(6-2)16(3)25(4)21(27)15-23(17-10-8-7-9-11-17)19-14-18(24)12-13-20(19)29-22(23)28/h7-14,16H,5-6,15H2,1-4H3. The maximum atomic E-state index is 13.4. The van der Waals surface area contributed by atoms with Crippen LogP contribution in [0.1, 0.15) is 38.3 Å². The van der Waals surface area contributed by atoms with Gasteiger partial charge in [0.25, 0.3) is 0 Å². The fourth-order valence-corrected chi connectivity index (χ4v) is 4.22. The van der Waals surface area contributed by atoms with Crippen LogP contribution < -0.4 is 4.74 Å². The van der Waals surface area contributed by atoms with Gasteiger partial charge in [-0.25, -0.2) is 0 Å². The Morgan fingerprint density at radius 2 is 1.79 bits per heavy atom. The lowest BCUT2D eigenvalue weighted by molar-refractivity contribution is -0.143. The summed E-state index contributed by atoms with van der Waals surface area (Å²) in [5.41, 5.74) is 0.150. The highest BCUT2D eigenvalue weighted by molar-refractivity contribution is 6.30. The Morgan fingerprint density at radius 1 is 1.14 bits per heavy atom. The first kappa shape index (κ1) is 21.3. The highest BCUT2D eigenvalue weighted by Gasteiger charge is 2.52. The Kier molecular flexibility index (Phi) is 6.30. The molecule has 5 nitrogen and oxygen atoms in total. The second kappa shape index (κ2) is 8.56. The molecular weight excluding hydrogens is 388 g/mol. The molecule has 1 aliphatic heterocycles. The monoisotopic (exact) mass is 414 g/mol.